The highest BCUT2D eigenvalue weighted by molar-refractivity contribution is 5.74. The molecule has 0 aliphatic carbocycles. The Bertz CT molecular complexity index is 800. The lowest BCUT2D eigenvalue weighted by Crippen LogP contribution is -2.53. The molecule has 138 valence electrons. The molecule has 2 aromatic rings. The van der Waals surface area contributed by atoms with Crippen LogP contribution in [0, 0.1) is 0 Å². The molecule has 3 heterocycles. The van der Waals surface area contributed by atoms with Crippen molar-refractivity contribution in [2.24, 2.45) is 0 Å². The maximum Gasteiger partial charge on any atom is 0.242 e. The van der Waals surface area contributed by atoms with E-state index in [4.69, 9.17) is 18.6 Å². The standard InChI is InChI=1S/C18H21N3O5/c1-11(22)21-7-15(8-21)24-10-17-19-20-18(26-17)13-5-12-6-14(23-2)3-4-16(12)25-9-13/h3-4,6,13,15H,5,7-10H2,1-2H3. The van der Waals surface area contributed by atoms with Crippen molar-refractivity contribution in [2.45, 2.75) is 32.0 Å². The first-order chi connectivity index (χ1) is 12.6. The first-order valence-electron chi connectivity index (χ1n) is 8.61. The highest BCUT2D eigenvalue weighted by atomic mass is 16.5. The third-order valence-corrected chi connectivity index (χ3v) is 4.74. The topological polar surface area (TPSA) is 86.9 Å². The molecule has 0 radical (unpaired) electrons. The van der Waals surface area contributed by atoms with Crippen LogP contribution in [-0.2, 0) is 22.6 Å². The summed E-state index contributed by atoms with van der Waals surface area (Å²) in [6, 6.07) is 5.77. The SMILES string of the molecule is COc1ccc2c(c1)CC(c1nnc(COC3CN(C(C)=O)C3)o1)CO2. The van der Waals surface area contributed by atoms with E-state index in [0.717, 1.165) is 23.5 Å². The Kier molecular flexibility index (Phi) is 4.50. The lowest BCUT2D eigenvalue weighted by molar-refractivity contribution is -0.143. The van der Waals surface area contributed by atoms with Crippen molar-refractivity contribution in [3.63, 3.8) is 0 Å². The Morgan fingerprint density at radius 3 is 2.96 bits per heavy atom. The second kappa shape index (κ2) is 6.95. The van der Waals surface area contributed by atoms with Gasteiger partial charge in [0.1, 0.15) is 24.7 Å². The summed E-state index contributed by atoms with van der Waals surface area (Å²) in [6.45, 7) is 3.54. The van der Waals surface area contributed by atoms with Gasteiger partial charge in [-0.15, -0.1) is 10.2 Å². The summed E-state index contributed by atoms with van der Waals surface area (Å²) in [6.07, 6.45) is 0.789. The zero-order valence-corrected chi connectivity index (χ0v) is 14.8. The second-order valence-corrected chi connectivity index (χ2v) is 6.58. The van der Waals surface area contributed by atoms with Gasteiger partial charge in [0.2, 0.25) is 17.7 Å². The molecule has 1 amide bonds. The molecule has 1 aromatic heterocycles. The third-order valence-electron chi connectivity index (χ3n) is 4.74. The van der Waals surface area contributed by atoms with Gasteiger partial charge in [0.15, 0.2) is 0 Å². The smallest absolute Gasteiger partial charge is 0.242 e. The number of amides is 1. The van der Waals surface area contributed by atoms with Crippen molar-refractivity contribution >= 4 is 5.91 Å². The molecule has 0 spiro atoms. The summed E-state index contributed by atoms with van der Waals surface area (Å²) in [5.74, 6) is 2.73. The largest absolute Gasteiger partial charge is 0.497 e. The average molecular weight is 359 g/mol. The Hall–Kier alpha value is -2.61. The first-order valence-corrected chi connectivity index (χ1v) is 8.61. The van der Waals surface area contributed by atoms with Crippen LogP contribution in [0.15, 0.2) is 22.6 Å². The lowest BCUT2D eigenvalue weighted by Gasteiger charge is -2.37. The summed E-state index contributed by atoms with van der Waals surface area (Å²) in [7, 11) is 1.64. The number of likely N-dealkylation sites (tertiary alicyclic amines) is 1. The number of ether oxygens (including phenoxy) is 3. The molecule has 1 fully saturated rings. The van der Waals surface area contributed by atoms with Crippen molar-refractivity contribution < 1.29 is 23.4 Å². The van der Waals surface area contributed by atoms with Crippen LogP contribution in [0.25, 0.3) is 0 Å². The molecule has 8 nitrogen and oxygen atoms in total. The number of nitrogens with zero attached hydrogens (tertiary/aromatic N) is 3. The van der Waals surface area contributed by atoms with Gasteiger partial charge < -0.3 is 23.5 Å². The molecule has 0 N–H and O–H groups in total. The second-order valence-electron chi connectivity index (χ2n) is 6.58. The predicted octanol–water partition coefficient (Wildman–Crippen LogP) is 1.54. The number of aromatic nitrogens is 2. The van der Waals surface area contributed by atoms with Gasteiger partial charge in [0.05, 0.1) is 19.1 Å². The van der Waals surface area contributed by atoms with E-state index in [-0.39, 0.29) is 24.5 Å². The Morgan fingerprint density at radius 2 is 2.19 bits per heavy atom. The number of rotatable bonds is 5. The molecule has 2 aliphatic heterocycles. The molecule has 1 unspecified atom stereocenters. The monoisotopic (exact) mass is 359 g/mol. The van der Waals surface area contributed by atoms with Gasteiger partial charge in [-0.25, -0.2) is 0 Å². The van der Waals surface area contributed by atoms with Gasteiger partial charge >= 0.3 is 0 Å². The van der Waals surface area contributed by atoms with E-state index in [2.05, 4.69) is 10.2 Å². The van der Waals surface area contributed by atoms with Crippen LogP contribution in [0.2, 0.25) is 0 Å². The van der Waals surface area contributed by atoms with Gasteiger partial charge in [-0.2, -0.15) is 0 Å². The van der Waals surface area contributed by atoms with Crippen LogP contribution in [0.5, 0.6) is 11.5 Å². The fourth-order valence-electron chi connectivity index (χ4n) is 3.14. The highest BCUT2D eigenvalue weighted by Gasteiger charge is 2.30. The van der Waals surface area contributed by atoms with Crippen molar-refractivity contribution in [1.82, 2.24) is 15.1 Å². The molecule has 0 bridgehead atoms. The number of carbonyl (C=O) groups is 1. The lowest BCUT2D eigenvalue weighted by atomic mass is 9.96. The van der Waals surface area contributed by atoms with Crippen molar-refractivity contribution in [1.29, 1.82) is 0 Å². The van der Waals surface area contributed by atoms with Crippen LogP contribution < -0.4 is 9.47 Å². The molecule has 26 heavy (non-hydrogen) atoms. The van der Waals surface area contributed by atoms with E-state index in [9.17, 15) is 4.79 Å². The summed E-state index contributed by atoms with van der Waals surface area (Å²) in [5, 5.41) is 8.21. The number of fused-ring (bicyclic) bond motifs is 1. The maximum atomic E-state index is 11.2. The van der Waals surface area contributed by atoms with Crippen molar-refractivity contribution in [3.05, 3.63) is 35.5 Å². The van der Waals surface area contributed by atoms with Crippen LogP contribution in [0.3, 0.4) is 0 Å². The minimum Gasteiger partial charge on any atom is -0.497 e. The van der Waals surface area contributed by atoms with Crippen LogP contribution in [0.4, 0.5) is 0 Å². The van der Waals surface area contributed by atoms with Gasteiger partial charge in [0, 0.05) is 20.0 Å². The Balaban J connectivity index is 1.34. The minimum absolute atomic E-state index is 0.00719. The molecular formula is C18H21N3O5. The van der Waals surface area contributed by atoms with Crippen LogP contribution >= 0.6 is 0 Å². The summed E-state index contributed by atoms with van der Waals surface area (Å²) < 4.78 is 22.5. The molecule has 1 atom stereocenters. The fraction of sp³-hybridized carbons (Fsp3) is 0.500. The molecule has 8 heteroatoms. The normalized spacial score (nSPS) is 19.5. The fourth-order valence-corrected chi connectivity index (χ4v) is 3.14. The average Bonchev–Trinajstić information content (AvgIpc) is 3.08. The molecule has 1 saturated heterocycles. The van der Waals surface area contributed by atoms with E-state index in [1.165, 1.54) is 0 Å². The molecule has 4 rings (SSSR count). The number of benzene rings is 1. The molecular weight excluding hydrogens is 338 g/mol. The van der Waals surface area contributed by atoms with Gasteiger partial charge in [-0.1, -0.05) is 0 Å². The van der Waals surface area contributed by atoms with Gasteiger partial charge in [-0.3, -0.25) is 4.79 Å². The van der Waals surface area contributed by atoms with Crippen LogP contribution in [0.1, 0.15) is 30.2 Å². The number of hydrogen-bond acceptors (Lipinski definition) is 7. The Labute approximate surface area is 151 Å². The minimum atomic E-state index is 0.00719. The quantitative estimate of drug-likeness (QED) is 0.800. The number of carbonyl (C=O) groups excluding carboxylic acids is 1. The third kappa shape index (κ3) is 3.37. The van der Waals surface area contributed by atoms with E-state index in [1.54, 1.807) is 18.9 Å². The molecule has 2 aliphatic rings. The van der Waals surface area contributed by atoms with Crippen LogP contribution in [-0.4, -0.2) is 53.9 Å². The van der Waals surface area contributed by atoms with Gasteiger partial charge in [0.25, 0.3) is 0 Å². The number of methoxy groups -OCH3 is 1. The summed E-state index contributed by atoms with van der Waals surface area (Å²) >= 11 is 0. The molecule has 1 aromatic carbocycles. The van der Waals surface area contributed by atoms with E-state index in [1.807, 2.05) is 18.2 Å². The first kappa shape index (κ1) is 16.8. The zero-order chi connectivity index (χ0) is 18.1. The summed E-state index contributed by atoms with van der Waals surface area (Å²) in [4.78, 5) is 12.9. The Morgan fingerprint density at radius 1 is 1.35 bits per heavy atom. The maximum absolute atomic E-state index is 11.2. The predicted molar refractivity (Wildman–Crippen MR) is 90.1 cm³/mol. The zero-order valence-electron chi connectivity index (χ0n) is 14.8. The van der Waals surface area contributed by atoms with Gasteiger partial charge in [-0.05, 0) is 30.2 Å². The highest BCUT2D eigenvalue weighted by Crippen LogP contribution is 2.34. The van der Waals surface area contributed by atoms with Crippen molar-refractivity contribution in [3.8, 4) is 11.5 Å². The van der Waals surface area contributed by atoms with E-state index in [0.29, 0.717) is 31.5 Å². The number of hydrogen-bond donors (Lipinski definition) is 0. The van der Waals surface area contributed by atoms with E-state index < -0.39 is 0 Å². The molecule has 0 saturated carbocycles. The summed E-state index contributed by atoms with van der Waals surface area (Å²) in [5.41, 5.74) is 1.07. The van der Waals surface area contributed by atoms with Crippen molar-refractivity contribution in [2.75, 3.05) is 26.8 Å². The van der Waals surface area contributed by atoms with E-state index >= 15 is 0 Å².